The molecule has 1 fully saturated rings. The van der Waals surface area contributed by atoms with Crippen LogP contribution in [0.4, 0.5) is 0 Å². The third kappa shape index (κ3) is 14.2. The number of unbranched alkanes of at least 4 members (excludes halogenated alkanes) is 9. The second-order valence-corrected chi connectivity index (χ2v) is 7.76. The van der Waals surface area contributed by atoms with Gasteiger partial charge in [-0.15, -0.1) is 0 Å². The van der Waals surface area contributed by atoms with Gasteiger partial charge in [0.2, 0.25) is 0 Å². The first-order valence-electron chi connectivity index (χ1n) is 11.3. The Balaban J connectivity index is 1.82. The summed E-state index contributed by atoms with van der Waals surface area (Å²) in [5, 5.41) is 0. The topological polar surface area (TPSA) is 26.3 Å². The van der Waals surface area contributed by atoms with Gasteiger partial charge in [-0.25, -0.2) is 0 Å². The Kier molecular flexibility index (Phi) is 15.4. The molecule has 0 aromatic rings. The minimum atomic E-state index is 0.0322. The van der Waals surface area contributed by atoms with Gasteiger partial charge < -0.3 is 4.74 Å². The van der Waals surface area contributed by atoms with Gasteiger partial charge in [-0.1, -0.05) is 76.2 Å². The van der Waals surface area contributed by atoms with E-state index in [2.05, 4.69) is 31.2 Å². The summed E-state index contributed by atoms with van der Waals surface area (Å²) in [4.78, 5) is 11.8. The largest absolute Gasteiger partial charge is 0.462 e. The molecule has 0 spiro atoms. The lowest BCUT2D eigenvalue weighted by Gasteiger charge is -2.21. The van der Waals surface area contributed by atoms with Crippen LogP contribution < -0.4 is 0 Å². The molecule has 0 radical (unpaired) electrons. The summed E-state index contributed by atoms with van der Waals surface area (Å²) in [6, 6.07) is 0. The molecule has 1 aliphatic carbocycles. The van der Waals surface area contributed by atoms with E-state index in [1.807, 2.05) is 0 Å². The highest BCUT2D eigenvalue weighted by Gasteiger charge is 2.17. The number of allylic oxidation sites excluding steroid dienone is 4. The van der Waals surface area contributed by atoms with Gasteiger partial charge in [-0.2, -0.15) is 0 Å². The summed E-state index contributed by atoms with van der Waals surface area (Å²) < 4.78 is 5.56. The molecule has 1 rings (SSSR count). The molecule has 0 aliphatic heterocycles. The Hall–Kier alpha value is -1.05. The predicted molar refractivity (Wildman–Crippen MR) is 112 cm³/mol. The lowest BCUT2D eigenvalue weighted by Crippen LogP contribution is -2.20. The first-order chi connectivity index (χ1) is 12.8. The first-order valence-corrected chi connectivity index (χ1v) is 11.3. The van der Waals surface area contributed by atoms with E-state index in [1.54, 1.807) is 0 Å². The molecule has 2 nitrogen and oxygen atoms in total. The molecule has 1 saturated carbocycles. The molecule has 0 atom stereocenters. The van der Waals surface area contributed by atoms with Crippen molar-refractivity contribution < 1.29 is 9.53 Å². The van der Waals surface area contributed by atoms with Gasteiger partial charge in [0.05, 0.1) is 0 Å². The van der Waals surface area contributed by atoms with Crippen molar-refractivity contribution in [2.45, 2.75) is 122 Å². The van der Waals surface area contributed by atoms with Crippen molar-refractivity contribution in [3.8, 4) is 0 Å². The average molecular weight is 363 g/mol. The van der Waals surface area contributed by atoms with Crippen molar-refractivity contribution in [3.05, 3.63) is 24.3 Å². The number of rotatable bonds is 15. The maximum Gasteiger partial charge on any atom is 0.306 e. The van der Waals surface area contributed by atoms with Crippen LogP contribution in [0.1, 0.15) is 116 Å². The molecule has 0 heterocycles. The van der Waals surface area contributed by atoms with E-state index in [0.717, 1.165) is 25.7 Å². The molecule has 2 heteroatoms. The van der Waals surface area contributed by atoms with E-state index in [0.29, 0.717) is 6.42 Å². The molecule has 150 valence electrons. The van der Waals surface area contributed by atoms with Gasteiger partial charge in [0.15, 0.2) is 0 Å². The standard InChI is InChI=1S/C24H42O2/c1-2-3-4-5-6-7-8-9-10-11-12-13-14-15-19-22-24(25)26-23-20-17-16-18-21-23/h6-9,23H,2-5,10-22H2,1H3. The summed E-state index contributed by atoms with van der Waals surface area (Å²) in [6.45, 7) is 2.25. The summed E-state index contributed by atoms with van der Waals surface area (Å²) in [5.74, 6) is 0.0322. The SMILES string of the molecule is CCCCCC=CC=CCCCCCCCCC(=O)OC1CCCCC1. The lowest BCUT2D eigenvalue weighted by molar-refractivity contribution is -0.150. The van der Waals surface area contributed by atoms with E-state index in [4.69, 9.17) is 4.74 Å². The number of ether oxygens (including phenoxy) is 1. The van der Waals surface area contributed by atoms with Crippen molar-refractivity contribution in [1.29, 1.82) is 0 Å². The zero-order chi connectivity index (χ0) is 18.7. The van der Waals surface area contributed by atoms with E-state index < -0.39 is 0 Å². The third-order valence-corrected chi connectivity index (χ3v) is 5.21. The quantitative estimate of drug-likeness (QED) is 0.170. The summed E-state index contributed by atoms with van der Waals surface area (Å²) in [6.07, 6.45) is 29.4. The van der Waals surface area contributed by atoms with Gasteiger partial charge in [-0.05, 0) is 57.8 Å². The fourth-order valence-electron chi connectivity index (χ4n) is 3.53. The fraction of sp³-hybridized carbons (Fsp3) is 0.792. The average Bonchev–Trinajstić information content (AvgIpc) is 2.65. The van der Waals surface area contributed by atoms with Gasteiger partial charge >= 0.3 is 5.97 Å². The molecule has 0 bridgehead atoms. The molecule has 0 saturated heterocycles. The van der Waals surface area contributed by atoms with E-state index in [-0.39, 0.29) is 12.1 Å². The van der Waals surface area contributed by atoms with Crippen LogP contribution in [0, 0.1) is 0 Å². The molecule has 0 amide bonds. The Morgan fingerprint density at radius 2 is 1.38 bits per heavy atom. The zero-order valence-electron chi connectivity index (χ0n) is 17.2. The molecule has 1 aliphatic rings. The van der Waals surface area contributed by atoms with Gasteiger partial charge in [-0.3, -0.25) is 4.79 Å². The van der Waals surface area contributed by atoms with Crippen LogP contribution in [0.2, 0.25) is 0 Å². The minimum absolute atomic E-state index is 0.0322. The number of carbonyl (C=O) groups is 1. The lowest BCUT2D eigenvalue weighted by atomic mass is 9.98. The summed E-state index contributed by atoms with van der Waals surface area (Å²) in [7, 11) is 0. The van der Waals surface area contributed by atoms with Crippen LogP contribution in [0.15, 0.2) is 24.3 Å². The highest BCUT2D eigenvalue weighted by Crippen LogP contribution is 2.21. The van der Waals surface area contributed by atoms with Crippen LogP contribution >= 0.6 is 0 Å². The highest BCUT2D eigenvalue weighted by molar-refractivity contribution is 5.69. The maximum absolute atomic E-state index is 11.8. The van der Waals surface area contributed by atoms with Crippen molar-refractivity contribution in [1.82, 2.24) is 0 Å². The van der Waals surface area contributed by atoms with Crippen molar-refractivity contribution in [2.75, 3.05) is 0 Å². The number of carbonyl (C=O) groups excluding carboxylic acids is 1. The highest BCUT2D eigenvalue weighted by atomic mass is 16.5. The molecule has 0 unspecified atom stereocenters. The summed E-state index contributed by atoms with van der Waals surface area (Å²) >= 11 is 0. The van der Waals surface area contributed by atoms with Gasteiger partial charge in [0.25, 0.3) is 0 Å². The van der Waals surface area contributed by atoms with Crippen LogP contribution in [-0.2, 0) is 9.53 Å². The maximum atomic E-state index is 11.8. The molecule has 26 heavy (non-hydrogen) atoms. The van der Waals surface area contributed by atoms with Crippen LogP contribution in [0.3, 0.4) is 0 Å². The number of esters is 1. The number of hydrogen-bond acceptors (Lipinski definition) is 2. The van der Waals surface area contributed by atoms with Crippen LogP contribution in [0.5, 0.6) is 0 Å². The van der Waals surface area contributed by atoms with E-state index in [9.17, 15) is 4.79 Å². The Labute approximate surface area is 162 Å². The Morgan fingerprint density at radius 1 is 0.808 bits per heavy atom. The molecular weight excluding hydrogens is 320 g/mol. The molecule has 0 aromatic heterocycles. The first kappa shape index (κ1) is 23.0. The smallest absolute Gasteiger partial charge is 0.306 e. The van der Waals surface area contributed by atoms with E-state index in [1.165, 1.54) is 77.0 Å². The second-order valence-electron chi connectivity index (χ2n) is 7.76. The monoisotopic (exact) mass is 362 g/mol. The molecule has 0 aromatic carbocycles. The third-order valence-electron chi connectivity index (χ3n) is 5.21. The second kappa shape index (κ2) is 17.4. The fourth-order valence-corrected chi connectivity index (χ4v) is 3.53. The van der Waals surface area contributed by atoms with Crippen molar-refractivity contribution in [2.24, 2.45) is 0 Å². The predicted octanol–water partition coefficient (Wildman–Crippen LogP) is 7.68. The Bertz CT molecular complexity index is 378. The van der Waals surface area contributed by atoms with Gasteiger partial charge in [0, 0.05) is 6.42 Å². The minimum Gasteiger partial charge on any atom is -0.462 e. The molecule has 0 N–H and O–H groups in total. The van der Waals surface area contributed by atoms with E-state index >= 15 is 0 Å². The van der Waals surface area contributed by atoms with Crippen molar-refractivity contribution >= 4 is 5.97 Å². The Morgan fingerprint density at radius 3 is 2.04 bits per heavy atom. The normalized spacial score (nSPS) is 15.9. The summed E-state index contributed by atoms with van der Waals surface area (Å²) in [5.41, 5.74) is 0. The number of hydrogen-bond donors (Lipinski definition) is 0. The van der Waals surface area contributed by atoms with Crippen molar-refractivity contribution in [3.63, 3.8) is 0 Å². The van der Waals surface area contributed by atoms with Crippen LogP contribution in [0.25, 0.3) is 0 Å². The van der Waals surface area contributed by atoms with Crippen LogP contribution in [-0.4, -0.2) is 12.1 Å². The van der Waals surface area contributed by atoms with Gasteiger partial charge in [0.1, 0.15) is 6.10 Å². The zero-order valence-corrected chi connectivity index (χ0v) is 17.2. The molecular formula is C24H42O2.